The van der Waals surface area contributed by atoms with Gasteiger partial charge in [0.05, 0.1) is 6.10 Å². The van der Waals surface area contributed by atoms with E-state index in [1.807, 2.05) is 30.3 Å². The quantitative estimate of drug-likeness (QED) is 0.519. The van der Waals surface area contributed by atoms with E-state index in [0.29, 0.717) is 12.5 Å². The van der Waals surface area contributed by atoms with Crippen molar-refractivity contribution in [1.82, 2.24) is 5.32 Å². The van der Waals surface area contributed by atoms with Gasteiger partial charge in [-0.25, -0.2) is 0 Å². The van der Waals surface area contributed by atoms with Gasteiger partial charge < -0.3 is 10.4 Å². The fourth-order valence-electron chi connectivity index (χ4n) is 3.57. The van der Waals surface area contributed by atoms with Crippen molar-refractivity contribution in [3.05, 3.63) is 95.1 Å². The van der Waals surface area contributed by atoms with E-state index in [1.54, 1.807) is 0 Å². The highest BCUT2D eigenvalue weighted by Crippen LogP contribution is 2.31. The third kappa shape index (κ3) is 4.89. The lowest BCUT2D eigenvalue weighted by atomic mass is 9.90. The van der Waals surface area contributed by atoms with Crippen LogP contribution in [0.2, 0.25) is 0 Å². The van der Waals surface area contributed by atoms with Gasteiger partial charge in [0.25, 0.3) is 0 Å². The maximum absolute atomic E-state index is 10.4. The van der Waals surface area contributed by atoms with Crippen LogP contribution < -0.4 is 5.32 Å². The summed E-state index contributed by atoms with van der Waals surface area (Å²) in [4.78, 5) is 0. The average molecular weight is 374 g/mol. The first-order chi connectivity index (χ1) is 13.5. The monoisotopic (exact) mass is 373 g/mol. The zero-order valence-corrected chi connectivity index (χ0v) is 17.3. The summed E-state index contributed by atoms with van der Waals surface area (Å²) in [5.41, 5.74) is 7.42. The third-order valence-electron chi connectivity index (χ3n) is 5.35. The summed E-state index contributed by atoms with van der Waals surface area (Å²) in [6.45, 7) is 9.30. The Kier molecular flexibility index (Phi) is 6.66. The van der Waals surface area contributed by atoms with E-state index < -0.39 is 6.10 Å². The number of nitrogens with one attached hydrogen (secondary N) is 1. The molecule has 0 aliphatic carbocycles. The smallest absolute Gasteiger partial charge is 0.0914 e. The number of aliphatic hydroxyl groups is 1. The zero-order valence-electron chi connectivity index (χ0n) is 17.3. The summed E-state index contributed by atoms with van der Waals surface area (Å²) in [6.07, 6.45) is -0.496. The molecule has 0 aliphatic rings. The summed E-state index contributed by atoms with van der Waals surface area (Å²) in [5, 5.41) is 13.8. The van der Waals surface area contributed by atoms with Crippen LogP contribution in [0.3, 0.4) is 0 Å². The minimum Gasteiger partial charge on any atom is -0.387 e. The number of hydrogen-bond donors (Lipinski definition) is 2. The van der Waals surface area contributed by atoms with Gasteiger partial charge in [-0.1, -0.05) is 92.2 Å². The second kappa shape index (κ2) is 9.18. The molecule has 0 saturated heterocycles. The van der Waals surface area contributed by atoms with Crippen LogP contribution in [0.1, 0.15) is 61.1 Å². The number of benzene rings is 3. The number of aliphatic hydroxyl groups excluding tert-OH is 1. The van der Waals surface area contributed by atoms with Gasteiger partial charge in [0.1, 0.15) is 0 Å². The zero-order chi connectivity index (χ0) is 20.1. The van der Waals surface area contributed by atoms with Crippen LogP contribution in [0.4, 0.5) is 0 Å². The predicted octanol–water partition coefficient (Wildman–Crippen LogP) is 6.17. The van der Waals surface area contributed by atoms with E-state index in [0.717, 1.165) is 5.56 Å². The lowest BCUT2D eigenvalue weighted by Gasteiger charge is -2.19. The molecule has 0 radical (unpaired) electrons. The maximum Gasteiger partial charge on any atom is 0.0914 e. The Morgan fingerprint density at radius 3 is 2.14 bits per heavy atom. The Hall–Kier alpha value is -2.42. The van der Waals surface area contributed by atoms with Gasteiger partial charge in [-0.15, -0.1) is 0 Å². The van der Waals surface area contributed by atoms with E-state index >= 15 is 0 Å². The second-order valence-electron chi connectivity index (χ2n) is 7.92. The van der Waals surface area contributed by atoms with Gasteiger partial charge in [-0.05, 0) is 47.6 Å². The molecule has 0 heterocycles. The van der Waals surface area contributed by atoms with Crippen LogP contribution in [0.5, 0.6) is 0 Å². The lowest BCUT2D eigenvalue weighted by Crippen LogP contribution is -2.24. The van der Waals surface area contributed by atoms with Crippen molar-refractivity contribution >= 4 is 0 Å². The van der Waals surface area contributed by atoms with Crippen LogP contribution in [0.15, 0.2) is 72.8 Å². The first-order valence-corrected chi connectivity index (χ1v) is 10.1. The Bertz CT molecular complexity index is 884. The highest BCUT2D eigenvalue weighted by Gasteiger charge is 2.12. The van der Waals surface area contributed by atoms with Gasteiger partial charge in [-0.2, -0.15) is 0 Å². The molecule has 28 heavy (non-hydrogen) atoms. The normalized spacial score (nSPS) is 13.5. The van der Waals surface area contributed by atoms with E-state index in [9.17, 15) is 5.11 Å². The minimum absolute atomic E-state index is 0.175. The first-order valence-electron chi connectivity index (χ1n) is 10.1. The maximum atomic E-state index is 10.4. The number of aryl methyl sites for hydroxylation is 1. The van der Waals surface area contributed by atoms with Crippen LogP contribution in [-0.2, 0) is 0 Å². The summed E-state index contributed by atoms with van der Waals surface area (Å²) >= 11 is 0. The molecule has 0 aromatic heterocycles. The molecule has 2 atom stereocenters. The summed E-state index contributed by atoms with van der Waals surface area (Å²) in [6, 6.07) is 25.5. The minimum atomic E-state index is -0.496. The molecule has 3 aromatic rings. The van der Waals surface area contributed by atoms with Crippen molar-refractivity contribution in [3.8, 4) is 11.1 Å². The van der Waals surface area contributed by atoms with Crippen molar-refractivity contribution in [2.24, 2.45) is 0 Å². The lowest BCUT2D eigenvalue weighted by molar-refractivity contribution is 0.171. The highest BCUT2D eigenvalue weighted by molar-refractivity contribution is 5.69. The van der Waals surface area contributed by atoms with Gasteiger partial charge in [-0.3, -0.25) is 0 Å². The first kappa shape index (κ1) is 20.3. The Labute approximate surface area is 169 Å². The van der Waals surface area contributed by atoms with Crippen LogP contribution in [-0.4, -0.2) is 11.7 Å². The molecule has 146 valence electrons. The second-order valence-corrected chi connectivity index (χ2v) is 7.92. The van der Waals surface area contributed by atoms with Crippen molar-refractivity contribution < 1.29 is 5.11 Å². The van der Waals surface area contributed by atoms with Gasteiger partial charge in [0, 0.05) is 12.6 Å². The summed E-state index contributed by atoms with van der Waals surface area (Å²) < 4.78 is 0. The Morgan fingerprint density at radius 1 is 0.821 bits per heavy atom. The molecule has 3 aromatic carbocycles. The Balaban J connectivity index is 1.70. The predicted molar refractivity (Wildman–Crippen MR) is 119 cm³/mol. The van der Waals surface area contributed by atoms with Crippen molar-refractivity contribution in [2.45, 2.75) is 45.8 Å². The van der Waals surface area contributed by atoms with Gasteiger partial charge in [0.2, 0.25) is 0 Å². The van der Waals surface area contributed by atoms with Gasteiger partial charge >= 0.3 is 0 Å². The molecule has 0 bridgehead atoms. The molecule has 2 heteroatoms. The van der Waals surface area contributed by atoms with Crippen LogP contribution >= 0.6 is 0 Å². The van der Waals surface area contributed by atoms with Gasteiger partial charge in [0.15, 0.2) is 0 Å². The topological polar surface area (TPSA) is 32.3 Å². The third-order valence-corrected chi connectivity index (χ3v) is 5.35. The van der Waals surface area contributed by atoms with E-state index in [4.69, 9.17) is 0 Å². The largest absolute Gasteiger partial charge is 0.387 e. The summed E-state index contributed by atoms with van der Waals surface area (Å²) in [7, 11) is 0. The molecular formula is C26H31NO. The molecule has 0 fully saturated rings. The molecule has 2 unspecified atom stereocenters. The molecule has 0 spiro atoms. The van der Waals surface area contributed by atoms with E-state index in [-0.39, 0.29) is 6.04 Å². The van der Waals surface area contributed by atoms with Crippen LogP contribution in [0.25, 0.3) is 11.1 Å². The highest BCUT2D eigenvalue weighted by atomic mass is 16.3. The van der Waals surface area contributed by atoms with Crippen molar-refractivity contribution in [2.75, 3.05) is 6.54 Å². The molecule has 0 saturated carbocycles. The average Bonchev–Trinajstić information content (AvgIpc) is 2.72. The fourth-order valence-corrected chi connectivity index (χ4v) is 3.57. The SMILES string of the molecule is Cc1ccc(C(C)C)c(-c2ccc(C(C)NCC(O)c3ccccc3)cc2)c1. The van der Waals surface area contributed by atoms with Crippen molar-refractivity contribution in [3.63, 3.8) is 0 Å². The fraction of sp³-hybridized carbons (Fsp3) is 0.308. The van der Waals surface area contributed by atoms with E-state index in [2.05, 4.69) is 75.5 Å². The van der Waals surface area contributed by atoms with E-state index in [1.165, 1.54) is 27.8 Å². The molecule has 2 nitrogen and oxygen atoms in total. The molecule has 0 amide bonds. The summed E-state index contributed by atoms with van der Waals surface area (Å²) in [5.74, 6) is 0.496. The molecule has 3 rings (SSSR count). The molecule has 2 N–H and O–H groups in total. The molecule has 0 aliphatic heterocycles. The van der Waals surface area contributed by atoms with Crippen LogP contribution in [0, 0.1) is 6.92 Å². The molecular weight excluding hydrogens is 342 g/mol. The number of rotatable bonds is 7. The number of hydrogen-bond acceptors (Lipinski definition) is 2. The standard InChI is InChI=1S/C26H31NO/c1-18(2)24-15-10-19(3)16-25(24)22-13-11-21(12-14-22)20(4)27-17-26(28)23-8-6-5-7-9-23/h5-16,18,20,26-28H,17H2,1-4H3. The van der Waals surface area contributed by atoms with Crippen molar-refractivity contribution in [1.29, 1.82) is 0 Å². The Morgan fingerprint density at radius 2 is 1.50 bits per heavy atom.